The van der Waals surface area contributed by atoms with Gasteiger partial charge in [-0.1, -0.05) is 29.3 Å². The van der Waals surface area contributed by atoms with Crippen LogP contribution in [-0.4, -0.2) is 16.6 Å². The zero-order valence-electron chi connectivity index (χ0n) is 10.3. The third-order valence-corrected chi connectivity index (χ3v) is 4.30. The summed E-state index contributed by atoms with van der Waals surface area (Å²) in [5, 5.41) is 3.44. The summed E-state index contributed by atoms with van der Waals surface area (Å²) in [5.41, 5.74) is 6.79. The largest absolute Gasteiger partial charge is 0.397 e. The zero-order valence-corrected chi connectivity index (χ0v) is 12.6. The van der Waals surface area contributed by atoms with E-state index in [0.29, 0.717) is 21.4 Å². The van der Waals surface area contributed by atoms with Crippen molar-refractivity contribution in [2.75, 3.05) is 16.8 Å². The van der Waals surface area contributed by atoms with Crippen LogP contribution in [0.5, 0.6) is 0 Å². The van der Waals surface area contributed by atoms with Crippen molar-refractivity contribution in [3.05, 3.63) is 46.7 Å². The molecule has 4 nitrogen and oxygen atoms in total. The molecule has 1 amide bonds. The van der Waals surface area contributed by atoms with E-state index in [1.54, 1.807) is 36.7 Å². The number of thioether (sulfide) groups is 1. The van der Waals surface area contributed by atoms with Crippen LogP contribution in [0.3, 0.4) is 0 Å². The van der Waals surface area contributed by atoms with Gasteiger partial charge in [0.1, 0.15) is 0 Å². The van der Waals surface area contributed by atoms with E-state index in [-0.39, 0.29) is 11.7 Å². The number of nitrogens with one attached hydrogen (secondary N) is 1. The maximum absolute atomic E-state index is 11.9. The zero-order chi connectivity index (χ0) is 14.5. The molecule has 1 heterocycles. The van der Waals surface area contributed by atoms with Crippen LogP contribution in [0.1, 0.15) is 0 Å². The molecule has 0 unspecified atom stereocenters. The molecular formula is C13H11Cl2N3OS. The standard InChI is InChI=1S/C13H11Cl2N3OS/c14-8-2-1-3-10(13(8)15)18-12(19)7-20-11-4-5-17-6-9(11)16/h1-6H,7,16H2,(H,18,19). The maximum Gasteiger partial charge on any atom is 0.234 e. The lowest BCUT2D eigenvalue weighted by atomic mass is 10.3. The normalized spacial score (nSPS) is 10.3. The van der Waals surface area contributed by atoms with Crippen LogP contribution >= 0.6 is 35.0 Å². The maximum atomic E-state index is 11.9. The number of nitrogens with zero attached hydrogens (tertiary/aromatic N) is 1. The Balaban J connectivity index is 1.96. The molecule has 104 valence electrons. The van der Waals surface area contributed by atoms with Gasteiger partial charge < -0.3 is 11.1 Å². The number of hydrogen-bond acceptors (Lipinski definition) is 4. The molecule has 0 saturated heterocycles. The number of carbonyl (C=O) groups is 1. The summed E-state index contributed by atoms with van der Waals surface area (Å²) in [7, 11) is 0. The van der Waals surface area contributed by atoms with Crippen molar-refractivity contribution in [1.29, 1.82) is 0 Å². The van der Waals surface area contributed by atoms with E-state index >= 15 is 0 Å². The quantitative estimate of drug-likeness (QED) is 0.840. The first-order chi connectivity index (χ1) is 9.58. The SMILES string of the molecule is Nc1cnccc1SCC(=O)Nc1cccc(Cl)c1Cl. The van der Waals surface area contributed by atoms with Gasteiger partial charge in [0.2, 0.25) is 5.91 Å². The molecule has 3 N–H and O–H groups in total. The van der Waals surface area contributed by atoms with Gasteiger partial charge in [-0.25, -0.2) is 0 Å². The fourth-order valence-corrected chi connectivity index (χ4v) is 2.54. The van der Waals surface area contributed by atoms with Crippen LogP contribution in [0, 0.1) is 0 Å². The van der Waals surface area contributed by atoms with Gasteiger partial charge in [0.25, 0.3) is 0 Å². The molecule has 0 atom stereocenters. The molecule has 0 spiro atoms. The molecule has 20 heavy (non-hydrogen) atoms. The highest BCUT2D eigenvalue weighted by Gasteiger charge is 2.09. The van der Waals surface area contributed by atoms with Crippen LogP contribution < -0.4 is 11.1 Å². The second-order valence-corrected chi connectivity index (χ2v) is 5.65. The Bertz CT molecular complexity index is 637. The topological polar surface area (TPSA) is 68.0 Å². The molecule has 2 aromatic rings. The molecule has 0 saturated carbocycles. The minimum atomic E-state index is -0.185. The highest BCUT2D eigenvalue weighted by molar-refractivity contribution is 8.00. The summed E-state index contributed by atoms with van der Waals surface area (Å²) in [6, 6.07) is 6.83. The Morgan fingerprint density at radius 2 is 2.15 bits per heavy atom. The number of pyridine rings is 1. The Morgan fingerprint density at radius 3 is 2.90 bits per heavy atom. The number of amides is 1. The van der Waals surface area contributed by atoms with Crippen LogP contribution in [0.4, 0.5) is 11.4 Å². The van der Waals surface area contributed by atoms with E-state index < -0.39 is 0 Å². The van der Waals surface area contributed by atoms with Gasteiger partial charge in [-0.2, -0.15) is 0 Å². The molecule has 0 radical (unpaired) electrons. The van der Waals surface area contributed by atoms with Gasteiger partial charge in [0.15, 0.2) is 0 Å². The number of anilines is 2. The Labute approximate surface area is 130 Å². The first-order valence-electron chi connectivity index (χ1n) is 5.64. The highest BCUT2D eigenvalue weighted by atomic mass is 35.5. The molecule has 0 aliphatic heterocycles. The van der Waals surface area contributed by atoms with Crippen LogP contribution in [0.2, 0.25) is 10.0 Å². The molecule has 1 aromatic carbocycles. The van der Waals surface area contributed by atoms with Crippen molar-refractivity contribution in [2.45, 2.75) is 4.90 Å². The van der Waals surface area contributed by atoms with Crippen molar-refractivity contribution in [3.8, 4) is 0 Å². The number of hydrogen-bond donors (Lipinski definition) is 2. The number of nitrogens with two attached hydrogens (primary N) is 1. The monoisotopic (exact) mass is 327 g/mol. The lowest BCUT2D eigenvalue weighted by Gasteiger charge is -2.08. The van der Waals surface area contributed by atoms with E-state index in [9.17, 15) is 4.79 Å². The molecule has 2 rings (SSSR count). The van der Waals surface area contributed by atoms with Crippen LogP contribution in [0.25, 0.3) is 0 Å². The minimum Gasteiger partial charge on any atom is -0.397 e. The molecule has 0 aliphatic rings. The van der Waals surface area contributed by atoms with E-state index in [1.807, 2.05) is 0 Å². The molecule has 1 aromatic heterocycles. The lowest BCUT2D eigenvalue weighted by Crippen LogP contribution is -2.14. The smallest absolute Gasteiger partial charge is 0.234 e. The molecule has 0 aliphatic carbocycles. The van der Waals surface area contributed by atoms with Gasteiger partial charge in [0.05, 0.1) is 33.4 Å². The van der Waals surface area contributed by atoms with E-state index in [1.165, 1.54) is 11.8 Å². The Morgan fingerprint density at radius 1 is 1.35 bits per heavy atom. The van der Waals surface area contributed by atoms with Crippen molar-refractivity contribution in [3.63, 3.8) is 0 Å². The third kappa shape index (κ3) is 3.79. The van der Waals surface area contributed by atoms with Crippen molar-refractivity contribution >= 4 is 52.2 Å². The third-order valence-electron chi connectivity index (χ3n) is 2.39. The van der Waals surface area contributed by atoms with Gasteiger partial charge in [-0.15, -0.1) is 11.8 Å². The number of benzene rings is 1. The summed E-state index contributed by atoms with van der Waals surface area (Å²) in [6.07, 6.45) is 3.18. The second kappa shape index (κ2) is 6.83. The highest BCUT2D eigenvalue weighted by Crippen LogP contribution is 2.30. The van der Waals surface area contributed by atoms with E-state index in [2.05, 4.69) is 10.3 Å². The number of halogens is 2. The van der Waals surface area contributed by atoms with E-state index in [4.69, 9.17) is 28.9 Å². The Kier molecular flexibility index (Phi) is 5.11. The van der Waals surface area contributed by atoms with Gasteiger partial charge >= 0.3 is 0 Å². The number of aromatic nitrogens is 1. The van der Waals surface area contributed by atoms with Gasteiger partial charge in [0, 0.05) is 11.1 Å². The molecule has 7 heteroatoms. The van der Waals surface area contributed by atoms with Crippen molar-refractivity contribution in [1.82, 2.24) is 4.98 Å². The average molecular weight is 328 g/mol. The summed E-state index contributed by atoms with van der Waals surface area (Å²) in [5.74, 6) is 0.0345. The number of rotatable bonds is 4. The molecular weight excluding hydrogens is 317 g/mol. The fraction of sp³-hybridized carbons (Fsp3) is 0.0769. The summed E-state index contributed by atoms with van der Waals surface area (Å²) < 4.78 is 0. The minimum absolute atomic E-state index is 0.185. The van der Waals surface area contributed by atoms with Gasteiger partial charge in [-0.05, 0) is 18.2 Å². The van der Waals surface area contributed by atoms with Crippen molar-refractivity contribution in [2.24, 2.45) is 0 Å². The predicted molar refractivity (Wildman–Crippen MR) is 84.5 cm³/mol. The Hall–Kier alpha value is -1.43. The molecule has 0 fully saturated rings. The molecule has 0 bridgehead atoms. The average Bonchev–Trinajstić information content (AvgIpc) is 2.43. The summed E-state index contributed by atoms with van der Waals surface area (Å²) in [4.78, 5) is 16.6. The summed E-state index contributed by atoms with van der Waals surface area (Å²) >= 11 is 13.2. The van der Waals surface area contributed by atoms with Crippen LogP contribution in [-0.2, 0) is 4.79 Å². The lowest BCUT2D eigenvalue weighted by molar-refractivity contribution is -0.113. The number of carbonyl (C=O) groups excluding carboxylic acids is 1. The predicted octanol–water partition coefficient (Wildman–Crippen LogP) is 3.70. The van der Waals surface area contributed by atoms with Crippen LogP contribution in [0.15, 0.2) is 41.6 Å². The number of nitrogen functional groups attached to an aromatic ring is 1. The first kappa shape index (κ1) is 15.0. The summed E-state index contributed by atoms with van der Waals surface area (Å²) in [6.45, 7) is 0. The first-order valence-corrected chi connectivity index (χ1v) is 7.38. The second-order valence-electron chi connectivity index (χ2n) is 3.85. The van der Waals surface area contributed by atoms with Crippen molar-refractivity contribution < 1.29 is 4.79 Å². The van der Waals surface area contributed by atoms with Gasteiger partial charge in [-0.3, -0.25) is 9.78 Å². The van der Waals surface area contributed by atoms with E-state index in [0.717, 1.165) is 4.90 Å². The fourth-order valence-electron chi connectivity index (χ4n) is 1.46.